The number of carbonyl (C=O) groups excluding carboxylic acids is 2. The molecule has 3 aromatic rings. The van der Waals surface area contributed by atoms with Gasteiger partial charge in [-0.3, -0.25) is 14.5 Å². The molecule has 36 heavy (non-hydrogen) atoms. The maximum absolute atomic E-state index is 13.3. The van der Waals surface area contributed by atoms with Crippen molar-refractivity contribution < 1.29 is 18.7 Å². The van der Waals surface area contributed by atoms with Crippen LogP contribution in [0.3, 0.4) is 0 Å². The van der Waals surface area contributed by atoms with Crippen molar-refractivity contribution in [2.45, 2.75) is 20.1 Å². The van der Waals surface area contributed by atoms with Crippen LogP contribution in [0.25, 0.3) is 6.08 Å². The lowest BCUT2D eigenvalue weighted by molar-refractivity contribution is -0.141. The van der Waals surface area contributed by atoms with Gasteiger partial charge in [-0.25, -0.2) is 4.39 Å². The molecule has 1 aliphatic heterocycles. The SMILES string of the molecule is CC1=C(C#N)C(=O)N(Cc2ccc(F)cc2)C(=O)/C1=C/c1ccc(OCc2ccc(Cl)cc2Cl)cc1. The topological polar surface area (TPSA) is 70.4 Å². The molecule has 2 amide bonds. The predicted octanol–water partition coefficient (Wildman–Crippen LogP) is 6.50. The number of amides is 2. The Bertz CT molecular complexity index is 1440. The molecule has 0 saturated heterocycles. The zero-order valence-corrected chi connectivity index (χ0v) is 20.6. The summed E-state index contributed by atoms with van der Waals surface area (Å²) in [6.07, 6.45) is 1.62. The summed E-state index contributed by atoms with van der Waals surface area (Å²) in [6, 6.07) is 19.6. The highest BCUT2D eigenvalue weighted by atomic mass is 35.5. The molecular formula is C28H19Cl2FN2O3. The normalized spacial score (nSPS) is 14.9. The second-order valence-corrected chi connectivity index (χ2v) is 8.93. The molecule has 8 heteroatoms. The Hall–Kier alpha value is -3.92. The van der Waals surface area contributed by atoms with E-state index < -0.39 is 17.6 Å². The molecule has 0 aromatic heterocycles. The van der Waals surface area contributed by atoms with E-state index >= 15 is 0 Å². The first-order valence-corrected chi connectivity index (χ1v) is 11.6. The Morgan fingerprint density at radius 2 is 1.69 bits per heavy atom. The van der Waals surface area contributed by atoms with E-state index in [4.69, 9.17) is 27.9 Å². The summed E-state index contributed by atoms with van der Waals surface area (Å²) in [5.74, 6) is -1.03. The molecule has 0 aliphatic carbocycles. The molecule has 0 unspecified atom stereocenters. The lowest BCUT2D eigenvalue weighted by Gasteiger charge is -2.27. The average molecular weight is 521 g/mol. The molecule has 0 saturated carbocycles. The number of nitriles is 1. The second kappa shape index (κ2) is 10.8. The van der Waals surface area contributed by atoms with Crippen LogP contribution in [0.1, 0.15) is 23.6 Å². The van der Waals surface area contributed by atoms with Crippen molar-refractivity contribution in [2.75, 3.05) is 0 Å². The second-order valence-electron chi connectivity index (χ2n) is 8.09. The van der Waals surface area contributed by atoms with Gasteiger partial charge in [0.25, 0.3) is 11.8 Å². The number of carbonyl (C=O) groups is 2. The number of ether oxygens (including phenoxy) is 1. The van der Waals surface area contributed by atoms with Gasteiger partial charge in [0.2, 0.25) is 0 Å². The summed E-state index contributed by atoms with van der Waals surface area (Å²) < 4.78 is 19.1. The maximum Gasteiger partial charge on any atom is 0.271 e. The van der Waals surface area contributed by atoms with Gasteiger partial charge in [0, 0.05) is 21.2 Å². The molecule has 3 aromatic carbocycles. The number of rotatable bonds is 6. The highest BCUT2D eigenvalue weighted by Crippen LogP contribution is 2.29. The van der Waals surface area contributed by atoms with Crippen LogP contribution in [-0.2, 0) is 22.7 Å². The quantitative estimate of drug-likeness (QED) is 0.274. The molecule has 5 nitrogen and oxygen atoms in total. The van der Waals surface area contributed by atoms with Crippen LogP contribution in [-0.4, -0.2) is 16.7 Å². The Morgan fingerprint density at radius 3 is 2.33 bits per heavy atom. The van der Waals surface area contributed by atoms with Crippen LogP contribution in [0.4, 0.5) is 4.39 Å². The van der Waals surface area contributed by atoms with E-state index in [0.717, 1.165) is 10.5 Å². The van der Waals surface area contributed by atoms with Gasteiger partial charge in [-0.15, -0.1) is 0 Å². The Kier molecular flexibility index (Phi) is 7.54. The van der Waals surface area contributed by atoms with Crippen molar-refractivity contribution >= 4 is 41.1 Å². The smallest absolute Gasteiger partial charge is 0.271 e. The van der Waals surface area contributed by atoms with Gasteiger partial charge >= 0.3 is 0 Å². The van der Waals surface area contributed by atoms with Gasteiger partial charge in [0.15, 0.2) is 0 Å². The van der Waals surface area contributed by atoms with Gasteiger partial charge < -0.3 is 4.74 Å². The number of hydrogen-bond donors (Lipinski definition) is 0. The minimum Gasteiger partial charge on any atom is -0.489 e. The number of halogens is 3. The first-order chi connectivity index (χ1) is 17.3. The van der Waals surface area contributed by atoms with Crippen LogP contribution in [0.15, 0.2) is 83.4 Å². The molecular weight excluding hydrogens is 502 g/mol. The van der Waals surface area contributed by atoms with E-state index in [9.17, 15) is 19.2 Å². The van der Waals surface area contributed by atoms with Gasteiger partial charge in [0.1, 0.15) is 29.8 Å². The van der Waals surface area contributed by atoms with Crippen molar-refractivity contribution in [1.29, 1.82) is 5.26 Å². The Balaban J connectivity index is 1.56. The van der Waals surface area contributed by atoms with Crippen LogP contribution < -0.4 is 4.74 Å². The molecule has 0 atom stereocenters. The van der Waals surface area contributed by atoms with Crippen molar-refractivity contribution in [1.82, 2.24) is 4.90 Å². The summed E-state index contributed by atoms with van der Waals surface area (Å²) in [7, 11) is 0. The van der Waals surface area contributed by atoms with Crippen molar-refractivity contribution in [3.63, 3.8) is 0 Å². The third kappa shape index (κ3) is 5.49. The van der Waals surface area contributed by atoms with Gasteiger partial charge in [-0.1, -0.05) is 53.5 Å². The van der Waals surface area contributed by atoms with E-state index in [1.165, 1.54) is 24.3 Å². The number of benzene rings is 3. The van der Waals surface area contributed by atoms with Crippen molar-refractivity contribution in [2.24, 2.45) is 0 Å². The third-order valence-corrected chi connectivity index (χ3v) is 6.27. The molecule has 4 rings (SSSR count). The Morgan fingerprint density at radius 1 is 1.00 bits per heavy atom. The van der Waals surface area contributed by atoms with Crippen LogP contribution in [0, 0.1) is 17.1 Å². The average Bonchev–Trinajstić information content (AvgIpc) is 2.86. The minimum absolute atomic E-state index is 0.0756. The zero-order chi connectivity index (χ0) is 25.8. The predicted molar refractivity (Wildman–Crippen MR) is 135 cm³/mol. The molecule has 1 heterocycles. The summed E-state index contributed by atoms with van der Waals surface area (Å²) >= 11 is 12.1. The number of hydrogen-bond acceptors (Lipinski definition) is 4. The fourth-order valence-electron chi connectivity index (χ4n) is 3.67. The van der Waals surface area contributed by atoms with E-state index in [-0.39, 0.29) is 24.3 Å². The zero-order valence-electron chi connectivity index (χ0n) is 19.1. The standard InChI is InChI=1S/C28H19Cl2FN2O3/c1-17-24(27(34)33(28(35)25(17)14-32)15-19-2-8-22(31)9-3-19)12-18-4-10-23(11-5-18)36-16-20-6-7-21(29)13-26(20)30/h2-13H,15-16H2,1H3/b24-12+. The minimum atomic E-state index is -0.675. The van der Waals surface area contributed by atoms with E-state index in [1.807, 2.05) is 6.07 Å². The first kappa shape index (κ1) is 25.2. The summed E-state index contributed by atoms with van der Waals surface area (Å²) in [6.45, 7) is 1.75. The number of imide groups is 1. The maximum atomic E-state index is 13.3. The number of nitrogens with zero attached hydrogens (tertiary/aromatic N) is 2. The van der Waals surface area contributed by atoms with Crippen molar-refractivity contribution in [3.05, 3.63) is 116 Å². The molecule has 0 spiro atoms. The van der Waals surface area contributed by atoms with Crippen LogP contribution in [0.5, 0.6) is 5.75 Å². The Labute approximate surface area is 217 Å². The van der Waals surface area contributed by atoms with E-state index in [0.29, 0.717) is 32.5 Å². The van der Waals surface area contributed by atoms with Crippen LogP contribution in [0.2, 0.25) is 10.0 Å². The molecule has 180 valence electrons. The fourth-order valence-corrected chi connectivity index (χ4v) is 4.14. The van der Waals surface area contributed by atoms with Gasteiger partial charge in [-0.2, -0.15) is 5.26 Å². The summed E-state index contributed by atoms with van der Waals surface area (Å²) in [5.41, 5.74) is 2.47. The highest BCUT2D eigenvalue weighted by molar-refractivity contribution is 6.35. The summed E-state index contributed by atoms with van der Waals surface area (Å²) in [5, 5.41) is 10.6. The first-order valence-electron chi connectivity index (χ1n) is 10.9. The van der Waals surface area contributed by atoms with Gasteiger partial charge in [0.05, 0.1) is 6.54 Å². The molecule has 0 bridgehead atoms. The molecule has 0 radical (unpaired) electrons. The molecule has 0 fully saturated rings. The lowest BCUT2D eigenvalue weighted by atomic mass is 9.93. The molecule has 1 aliphatic rings. The highest BCUT2D eigenvalue weighted by Gasteiger charge is 2.35. The molecule has 0 N–H and O–H groups in total. The van der Waals surface area contributed by atoms with E-state index in [2.05, 4.69) is 0 Å². The van der Waals surface area contributed by atoms with Gasteiger partial charge in [-0.05, 0) is 66.1 Å². The summed E-state index contributed by atoms with van der Waals surface area (Å²) in [4.78, 5) is 27.0. The third-order valence-electron chi connectivity index (χ3n) is 5.68. The van der Waals surface area contributed by atoms with E-state index in [1.54, 1.807) is 55.5 Å². The van der Waals surface area contributed by atoms with Crippen molar-refractivity contribution in [3.8, 4) is 11.8 Å². The lowest BCUT2D eigenvalue weighted by Crippen LogP contribution is -2.42. The monoisotopic (exact) mass is 520 g/mol. The largest absolute Gasteiger partial charge is 0.489 e. The fraction of sp³-hybridized carbons (Fsp3) is 0.107. The van der Waals surface area contributed by atoms with Crippen LogP contribution >= 0.6 is 23.2 Å².